The fourth-order valence-corrected chi connectivity index (χ4v) is 8.54. The maximum atomic E-state index is 13.8. The smallest absolute Gasteiger partial charge is 0.255 e. The molecule has 252 valence electrons. The topological polar surface area (TPSA) is 48.0 Å². The highest BCUT2D eigenvalue weighted by Gasteiger charge is 2.26. The van der Waals surface area contributed by atoms with Crippen molar-refractivity contribution in [3.8, 4) is 0 Å². The van der Waals surface area contributed by atoms with Crippen molar-refractivity contribution in [2.45, 2.75) is 25.2 Å². The van der Waals surface area contributed by atoms with E-state index in [1.165, 1.54) is 43.9 Å². The molecule has 1 amide bonds. The van der Waals surface area contributed by atoms with Crippen molar-refractivity contribution < 1.29 is 9.53 Å². The van der Waals surface area contributed by atoms with Crippen LogP contribution in [0.1, 0.15) is 39.4 Å². The van der Waals surface area contributed by atoms with Crippen LogP contribution >= 0.6 is 0 Å². The van der Waals surface area contributed by atoms with Crippen LogP contribution in [0.2, 0.25) is 0 Å². The molecular formula is C44H44N4O2. The lowest BCUT2D eigenvalue weighted by atomic mass is 9.77. The molecule has 1 aliphatic carbocycles. The number of ether oxygens (including phenoxy) is 1. The summed E-state index contributed by atoms with van der Waals surface area (Å²) in [5, 5.41) is 11.0. The number of carbonyl (C=O) groups excluding carboxylic acids is 1. The van der Waals surface area contributed by atoms with Crippen molar-refractivity contribution in [3.05, 3.63) is 125 Å². The monoisotopic (exact) mass is 660 g/mol. The molecule has 6 nitrogen and oxygen atoms in total. The first-order valence-electron chi connectivity index (χ1n) is 18.3. The number of fused-ring (bicyclic) bond motifs is 6. The van der Waals surface area contributed by atoms with Crippen LogP contribution in [0, 0.1) is 0 Å². The minimum Gasteiger partial charge on any atom is -0.378 e. The number of aryl methyl sites for hydroxylation is 1. The molecule has 1 unspecified atom stereocenters. The average molecular weight is 661 g/mol. The molecule has 6 aromatic rings. The first-order chi connectivity index (χ1) is 24.6. The maximum Gasteiger partial charge on any atom is 0.255 e. The highest BCUT2D eigenvalue weighted by molar-refractivity contribution is 6.11. The molecule has 9 rings (SSSR count). The Morgan fingerprint density at radius 3 is 2.24 bits per heavy atom. The number of hydrogen-bond donors (Lipinski definition) is 1. The number of morpholine rings is 1. The zero-order valence-electron chi connectivity index (χ0n) is 28.8. The van der Waals surface area contributed by atoms with Gasteiger partial charge in [0.05, 0.1) is 18.9 Å². The Balaban J connectivity index is 1.00. The van der Waals surface area contributed by atoms with Crippen molar-refractivity contribution >= 4 is 55.3 Å². The summed E-state index contributed by atoms with van der Waals surface area (Å²) < 4.78 is 5.51. The third-order valence-corrected chi connectivity index (χ3v) is 11.4. The van der Waals surface area contributed by atoms with Gasteiger partial charge < -0.3 is 24.8 Å². The highest BCUT2D eigenvalue weighted by Crippen LogP contribution is 2.42. The van der Waals surface area contributed by atoms with Gasteiger partial charge in [-0.3, -0.25) is 4.79 Å². The highest BCUT2D eigenvalue weighted by atomic mass is 16.5. The van der Waals surface area contributed by atoms with Gasteiger partial charge in [0, 0.05) is 61.6 Å². The summed E-state index contributed by atoms with van der Waals surface area (Å²) in [5.41, 5.74) is 8.21. The van der Waals surface area contributed by atoms with Gasteiger partial charge in [0.1, 0.15) is 0 Å². The van der Waals surface area contributed by atoms with Crippen LogP contribution < -0.4 is 15.1 Å². The summed E-state index contributed by atoms with van der Waals surface area (Å²) in [7, 11) is 2.21. The largest absolute Gasteiger partial charge is 0.378 e. The average Bonchev–Trinajstić information content (AvgIpc) is 3.18. The van der Waals surface area contributed by atoms with Gasteiger partial charge in [0.2, 0.25) is 0 Å². The molecule has 2 aliphatic heterocycles. The first kappa shape index (κ1) is 31.1. The lowest BCUT2D eigenvalue weighted by Gasteiger charge is -2.34. The van der Waals surface area contributed by atoms with Gasteiger partial charge in [0.25, 0.3) is 5.91 Å². The molecule has 3 aliphatic rings. The number of piperazine rings is 1. The van der Waals surface area contributed by atoms with Gasteiger partial charge in [-0.05, 0) is 112 Å². The number of hydrogen-bond acceptors (Lipinski definition) is 5. The summed E-state index contributed by atoms with van der Waals surface area (Å²) in [6, 6.07) is 37.3. The number of nitrogens with zero attached hydrogens (tertiary/aromatic N) is 3. The second-order valence-corrected chi connectivity index (χ2v) is 14.4. The number of benzene rings is 6. The first-order valence-corrected chi connectivity index (χ1v) is 18.3. The van der Waals surface area contributed by atoms with E-state index in [-0.39, 0.29) is 5.91 Å². The van der Waals surface area contributed by atoms with Crippen molar-refractivity contribution in [1.82, 2.24) is 4.90 Å². The Hall–Kier alpha value is -4.91. The maximum absolute atomic E-state index is 13.8. The summed E-state index contributed by atoms with van der Waals surface area (Å²) in [5.74, 6) is 0.246. The summed E-state index contributed by atoms with van der Waals surface area (Å²) in [4.78, 5) is 21.0. The molecule has 0 bridgehead atoms. The number of nitrogens with one attached hydrogen (secondary N) is 1. The van der Waals surface area contributed by atoms with Gasteiger partial charge in [-0.2, -0.15) is 0 Å². The fourth-order valence-electron chi connectivity index (χ4n) is 8.54. The van der Waals surface area contributed by atoms with E-state index in [2.05, 4.69) is 118 Å². The number of rotatable bonds is 5. The van der Waals surface area contributed by atoms with Crippen LogP contribution in [-0.4, -0.2) is 70.3 Å². The number of carbonyl (C=O) groups is 1. The predicted octanol–water partition coefficient (Wildman–Crippen LogP) is 8.26. The van der Waals surface area contributed by atoms with E-state index < -0.39 is 0 Å². The molecule has 2 heterocycles. The molecule has 0 saturated carbocycles. The van der Waals surface area contributed by atoms with E-state index in [1.54, 1.807) is 0 Å². The van der Waals surface area contributed by atoms with Crippen LogP contribution in [0.25, 0.3) is 32.3 Å². The molecule has 0 radical (unpaired) electrons. The SMILES string of the molecule is CN1CCN(c2ccc3c(ccc4c5c(ccc43)CC(c3ccc4ccccc4c3NC(=O)c3ccc(N4CCOCC4)cc3)CC5)c2)CC1. The molecule has 2 fully saturated rings. The minimum atomic E-state index is -0.0685. The van der Waals surface area contributed by atoms with E-state index in [0.29, 0.717) is 11.5 Å². The lowest BCUT2D eigenvalue weighted by Crippen LogP contribution is -2.44. The minimum absolute atomic E-state index is 0.0685. The summed E-state index contributed by atoms with van der Waals surface area (Å²) in [6.07, 6.45) is 3.02. The normalized spacial score (nSPS) is 18.5. The molecule has 6 heteroatoms. The van der Waals surface area contributed by atoms with Crippen molar-refractivity contribution in [1.29, 1.82) is 0 Å². The quantitative estimate of drug-likeness (QED) is 0.189. The molecule has 50 heavy (non-hydrogen) atoms. The van der Waals surface area contributed by atoms with Gasteiger partial charge in [-0.15, -0.1) is 0 Å². The Kier molecular flexibility index (Phi) is 8.14. The van der Waals surface area contributed by atoms with Crippen LogP contribution in [0.15, 0.2) is 103 Å². The molecule has 2 saturated heterocycles. The molecule has 1 atom stereocenters. The van der Waals surface area contributed by atoms with E-state index in [1.807, 2.05) is 12.1 Å². The summed E-state index contributed by atoms with van der Waals surface area (Å²) in [6.45, 7) is 7.61. The summed E-state index contributed by atoms with van der Waals surface area (Å²) >= 11 is 0. The third kappa shape index (κ3) is 5.76. The number of likely N-dealkylation sites (N-methyl/N-ethyl adjacent to an activating group) is 1. The van der Waals surface area contributed by atoms with Gasteiger partial charge in [0.15, 0.2) is 0 Å². The van der Waals surface area contributed by atoms with E-state index >= 15 is 0 Å². The molecule has 0 aromatic heterocycles. The molecular weight excluding hydrogens is 617 g/mol. The Morgan fingerprint density at radius 1 is 0.680 bits per heavy atom. The van der Waals surface area contributed by atoms with E-state index in [0.717, 1.165) is 93.9 Å². The van der Waals surface area contributed by atoms with Crippen molar-refractivity contribution in [2.24, 2.45) is 0 Å². The second kappa shape index (κ2) is 13.1. The molecule has 6 aromatic carbocycles. The van der Waals surface area contributed by atoms with Crippen LogP contribution in [0.3, 0.4) is 0 Å². The third-order valence-electron chi connectivity index (χ3n) is 11.4. The molecule has 1 N–H and O–H groups in total. The van der Waals surface area contributed by atoms with Gasteiger partial charge >= 0.3 is 0 Å². The number of anilines is 3. The Morgan fingerprint density at radius 2 is 1.40 bits per heavy atom. The zero-order chi connectivity index (χ0) is 33.6. The lowest BCUT2D eigenvalue weighted by molar-refractivity contribution is 0.102. The van der Waals surface area contributed by atoms with Gasteiger partial charge in [-0.1, -0.05) is 66.7 Å². The number of amides is 1. The predicted molar refractivity (Wildman–Crippen MR) is 207 cm³/mol. The zero-order valence-corrected chi connectivity index (χ0v) is 28.8. The van der Waals surface area contributed by atoms with Gasteiger partial charge in [-0.25, -0.2) is 0 Å². The van der Waals surface area contributed by atoms with E-state index in [4.69, 9.17) is 4.74 Å². The van der Waals surface area contributed by atoms with Crippen LogP contribution in [0.4, 0.5) is 17.1 Å². The second-order valence-electron chi connectivity index (χ2n) is 14.4. The van der Waals surface area contributed by atoms with Crippen molar-refractivity contribution in [2.75, 3.05) is 74.6 Å². The molecule has 0 spiro atoms. The fraction of sp³-hybridized carbons (Fsp3) is 0.295. The standard InChI is InChI=1S/C44H44N4O2/c1-46-20-22-47(23-21-46)36-14-19-38-34(29-36)11-18-41-37-15-9-33(28-32(37)10-17-42(38)41)40-16-8-30-4-2-3-5-39(30)43(40)45-44(49)31-6-12-35(13-7-31)48-24-26-50-27-25-48/h2-8,10-14,16-19,29,33H,9,15,20-28H2,1H3,(H,45,49). The van der Waals surface area contributed by atoms with E-state index in [9.17, 15) is 4.79 Å². The Bertz CT molecular complexity index is 2210. The van der Waals surface area contributed by atoms with Crippen LogP contribution in [0.5, 0.6) is 0 Å². The van der Waals surface area contributed by atoms with Crippen LogP contribution in [-0.2, 0) is 17.6 Å². The Labute approximate surface area is 294 Å². The van der Waals surface area contributed by atoms with Crippen molar-refractivity contribution in [3.63, 3.8) is 0 Å².